The van der Waals surface area contributed by atoms with Crippen LogP contribution in [0.5, 0.6) is 0 Å². The summed E-state index contributed by atoms with van der Waals surface area (Å²) in [5.74, 6) is 2.94. The van der Waals surface area contributed by atoms with Gasteiger partial charge in [-0.1, -0.05) is 18.2 Å². The van der Waals surface area contributed by atoms with E-state index in [0.29, 0.717) is 6.04 Å². The Morgan fingerprint density at radius 1 is 1.21 bits per heavy atom. The fraction of sp³-hybridized carbons (Fsp3) is 0.667. The van der Waals surface area contributed by atoms with Gasteiger partial charge in [0, 0.05) is 49.9 Å². The Morgan fingerprint density at radius 3 is 2.89 bits per heavy atom. The van der Waals surface area contributed by atoms with Crippen LogP contribution in [0.2, 0.25) is 0 Å². The van der Waals surface area contributed by atoms with E-state index in [-0.39, 0.29) is 30.1 Å². The van der Waals surface area contributed by atoms with Crippen molar-refractivity contribution in [1.82, 2.24) is 15.1 Å². The normalized spacial score (nSPS) is 28.1. The van der Waals surface area contributed by atoms with Gasteiger partial charge in [-0.25, -0.2) is 0 Å². The minimum Gasteiger partial charge on any atom is -0.373 e. The first-order chi connectivity index (χ1) is 13.3. The van der Waals surface area contributed by atoms with Gasteiger partial charge in [0.1, 0.15) is 0 Å². The summed E-state index contributed by atoms with van der Waals surface area (Å²) in [4.78, 5) is 10.9. The highest BCUT2D eigenvalue weighted by atomic mass is 127. The van der Waals surface area contributed by atoms with E-state index >= 15 is 0 Å². The minimum absolute atomic E-state index is 0. The maximum absolute atomic E-state index is 6.08. The molecule has 0 spiro atoms. The monoisotopic (exact) mass is 516 g/mol. The topological polar surface area (TPSA) is 40.1 Å². The van der Waals surface area contributed by atoms with Gasteiger partial charge in [-0.05, 0) is 43.9 Å². The van der Waals surface area contributed by atoms with E-state index in [1.807, 2.05) is 18.8 Å². The fourth-order valence-corrected chi connectivity index (χ4v) is 5.49. The molecular formula is C21H33IN4OS. The molecule has 1 aromatic carbocycles. The van der Waals surface area contributed by atoms with Crippen LogP contribution >= 0.6 is 35.7 Å². The largest absolute Gasteiger partial charge is 0.373 e. The molecule has 0 aliphatic carbocycles. The number of nitrogens with one attached hydrogen (secondary N) is 1. The standard InChI is InChI=1S/C21H32N4OS.HI/c1-22-21(23-12-19-14-24-10-5-6-18(24)15-26-19)25-11-9-17(13-25)16-27-20-7-3-2-4-8-20;/h2-4,7-8,17-19H,5-6,9-16H2,1H3,(H,22,23);1H. The number of hydrogen-bond donors (Lipinski definition) is 1. The van der Waals surface area contributed by atoms with Gasteiger partial charge in [-0.3, -0.25) is 9.89 Å². The number of guanidine groups is 1. The number of aliphatic imine (C=N–C) groups is 1. The first-order valence-corrected chi connectivity index (χ1v) is 11.3. The molecule has 3 fully saturated rings. The van der Waals surface area contributed by atoms with Crippen LogP contribution in [0.15, 0.2) is 40.2 Å². The number of likely N-dealkylation sites (tertiary alicyclic amines) is 1. The van der Waals surface area contributed by atoms with Crippen LogP contribution in [0, 0.1) is 5.92 Å². The molecule has 1 aromatic rings. The quantitative estimate of drug-likeness (QED) is 0.282. The number of halogens is 1. The van der Waals surface area contributed by atoms with Crippen LogP contribution in [-0.2, 0) is 4.74 Å². The number of fused-ring (bicyclic) bond motifs is 1. The lowest BCUT2D eigenvalue weighted by Gasteiger charge is -2.35. The van der Waals surface area contributed by atoms with Crippen LogP contribution in [0.1, 0.15) is 19.3 Å². The van der Waals surface area contributed by atoms with Gasteiger partial charge >= 0.3 is 0 Å². The van der Waals surface area contributed by atoms with E-state index in [9.17, 15) is 0 Å². The molecule has 0 bridgehead atoms. The predicted octanol–water partition coefficient (Wildman–Crippen LogP) is 3.16. The number of thioether (sulfide) groups is 1. The lowest BCUT2D eigenvalue weighted by Crippen LogP contribution is -2.51. The smallest absolute Gasteiger partial charge is 0.193 e. The van der Waals surface area contributed by atoms with Crippen molar-refractivity contribution >= 4 is 41.7 Å². The SMILES string of the molecule is CN=C(NCC1CN2CCCC2CO1)N1CCC(CSc2ccccc2)C1.I. The van der Waals surface area contributed by atoms with Gasteiger partial charge < -0.3 is 15.0 Å². The molecule has 4 rings (SSSR count). The number of nitrogens with zero attached hydrogens (tertiary/aromatic N) is 3. The first-order valence-electron chi connectivity index (χ1n) is 10.3. The van der Waals surface area contributed by atoms with Gasteiger partial charge in [-0.15, -0.1) is 35.7 Å². The Morgan fingerprint density at radius 2 is 2.07 bits per heavy atom. The van der Waals surface area contributed by atoms with Gasteiger partial charge in [0.05, 0.1) is 12.7 Å². The Balaban J connectivity index is 0.00000225. The molecule has 0 radical (unpaired) electrons. The van der Waals surface area contributed by atoms with Crippen LogP contribution < -0.4 is 5.32 Å². The van der Waals surface area contributed by atoms with Crippen LogP contribution in [0.25, 0.3) is 0 Å². The average Bonchev–Trinajstić information content (AvgIpc) is 3.37. The van der Waals surface area contributed by atoms with E-state index < -0.39 is 0 Å². The molecule has 3 atom stereocenters. The molecule has 156 valence electrons. The molecule has 5 nitrogen and oxygen atoms in total. The average molecular weight is 516 g/mol. The van der Waals surface area contributed by atoms with E-state index in [1.165, 1.54) is 36.5 Å². The molecule has 3 aliphatic heterocycles. The summed E-state index contributed by atoms with van der Waals surface area (Å²) >= 11 is 1.97. The molecule has 0 amide bonds. The molecule has 3 unspecified atom stereocenters. The van der Waals surface area contributed by atoms with Gasteiger partial charge in [0.2, 0.25) is 0 Å². The number of morpholine rings is 1. The zero-order valence-corrected chi connectivity index (χ0v) is 19.9. The second-order valence-corrected chi connectivity index (χ2v) is 8.99. The maximum Gasteiger partial charge on any atom is 0.193 e. The molecule has 3 heterocycles. The van der Waals surface area contributed by atoms with E-state index in [0.717, 1.165) is 44.7 Å². The predicted molar refractivity (Wildman–Crippen MR) is 128 cm³/mol. The summed E-state index contributed by atoms with van der Waals surface area (Å²) in [6, 6.07) is 11.4. The Hall–Kier alpha value is -0.510. The number of ether oxygens (including phenoxy) is 1. The van der Waals surface area contributed by atoms with E-state index in [4.69, 9.17) is 4.74 Å². The molecule has 28 heavy (non-hydrogen) atoms. The van der Waals surface area contributed by atoms with Gasteiger partial charge in [0.15, 0.2) is 5.96 Å². The van der Waals surface area contributed by atoms with Crippen LogP contribution in [0.4, 0.5) is 0 Å². The van der Waals surface area contributed by atoms with Crippen molar-refractivity contribution < 1.29 is 4.74 Å². The van der Waals surface area contributed by atoms with E-state index in [1.54, 1.807) is 0 Å². The van der Waals surface area contributed by atoms with Crippen molar-refractivity contribution in [1.29, 1.82) is 0 Å². The fourth-order valence-electron chi connectivity index (χ4n) is 4.44. The Bertz CT molecular complexity index is 632. The molecule has 7 heteroatoms. The molecule has 3 saturated heterocycles. The van der Waals surface area contributed by atoms with Crippen molar-refractivity contribution in [2.75, 3.05) is 52.1 Å². The third-order valence-corrected chi connectivity index (χ3v) is 7.22. The van der Waals surface area contributed by atoms with Crippen molar-refractivity contribution in [3.63, 3.8) is 0 Å². The number of hydrogen-bond acceptors (Lipinski definition) is 4. The highest BCUT2D eigenvalue weighted by molar-refractivity contribution is 14.0. The zero-order chi connectivity index (χ0) is 18.5. The molecule has 0 saturated carbocycles. The lowest BCUT2D eigenvalue weighted by atomic mass is 10.2. The van der Waals surface area contributed by atoms with Gasteiger partial charge in [-0.2, -0.15) is 0 Å². The van der Waals surface area contributed by atoms with Crippen LogP contribution in [-0.4, -0.2) is 80.0 Å². The number of rotatable bonds is 5. The van der Waals surface area contributed by atoms with Gasteiger partial charge in [0.25, 0.3) is 0 Å². The summed E-state index contributed by atoms with van der Waals surface area (Å²) < 4.78 is 6.08. The van der Waals surface area contributed by atoms with Crippen molar-refractivity contribution in [2.45, 2.75) is 36.3 Å². The summed E-state index contributed by atoms with van der Waals surface area (Å²) in [6.45, 7) is 6.25. The van der Waals surface area contributed by atoms with Crippen molar-refractivity contribution in [3.05, 3.63) is 30.3 Å². The molecule has 1 N–H and O–H groups in total. The van der Waals surface area contributed by atoms with E-state index in [2.05, 4.69) is 50.4 Å². The van der Waals surface area contributed by atoms with Crippen molar-refractivity contribution in [2.24, 2.45) is 10.9 Å². The third kappa shape index (κ3) is 5.77. The lowest BCUT2D eigenvalue weighted by molar-refractivity contribution is -0.0454. The van der Waals surface area contributed by atoms with Crippen LogP contribution in [0.3, 0.4) is 0 Å². The Kier molecular flexibility index (Phi) is 8.74. The highest BCUT2D eigenvalue weighted by Gasteiger charge is 2.32. The summed E-state index contributed by atoms with van der Waals surface area (Å²) in [5.41, 5.74) is 0. The summed E-state index contributed by atoms with van der Waals surface area (Å²) in [7, 11) is 1.90. The molecule has 3 aliphatic rings. The maximum atomic E-state index is 6.08. The Labute approximate surface area is 190 Å². The minimum atomic E-state index is 0. The third-order valence-electron chi connectivity index (χ3n) is 5.98. The highest BCUT2D eigenvalue weighted by Crippen LogP contribution is 2.26. The second kappa shape index (κ2) is 11.0. The van der Waals surface area contributed by atoms with Crippen molar-refractivity contribution in [3.8, 4) is 0 Å². The molecule has 0 aromatic heterocycles. The molecular weight excluding hydrogens is 483 g/mol. The summed E-state index contributed by atoms with van der Waals surface area (Å²) in [5, 5.41) is 3.57. The first kappa shape index (κ1) is 22.2. The second-order valence-electron chi connectivity index (χ2n) is 7.90. The number of benzene rings is 1. The summed E-state index contributed by atoms with van der Waals surface area (Å²) in [6.07, 6.45) is 4.16. The zero-order valence-electron chi connectivity index (χ0n) is 16.8.